The summed E-state index contributed by atoms with van der Waals surface area (Å²) in [5.74, 6) is 1.80. The van der Waals surface area contributed by atoms with Gasteiger partial charge in [0, 0.05) is 11.8 Å². The van der Waals surface area contributed by atoms with Gasteiger partial charge in [-0.1, -0.05) is 42.7 Å². The van der Waals surface area contributed by atoms with Gasteiger partial charge in [0.05, 0.1) is 11.1 Å². The van der Waals surface area contributed by atoms with E-state index in [0.717, 1.165) is 0 Å². The zero-order valence-electron chi connectivity index (χ0n) is 16.7. The molecule has 0 saturated carbocycles. The Balaban J connectivity index is 1.52. The number of nitrogens with zero attached hydrogens (tertiary/aromatic N) is 5. The van der Waals surface area contributed by atoms with Crippen LogP contribution in [0.5, 0.6) is 0 Å². The van der Waals surface area contributed by atoms with E-state index in [9.17, 15) is 4.79 Å². The summed E-state index contributed by atoms with van der Waals surface area (Å²) in [7, 11) is 0. The molecule has 0 radical (unpaired) electrons. The van der Waals surface area contributed by atoms with Crippen molar-refractivity contribution in [3.63, 3.8) is 0 Å². The van der Waals surface area contributed by atoms with Crippen LogP contribution in [-0.4, -0.2) is 38.9 Å². The van der Waals surface area contributed by atoms with Gasteiger partial charge in [-0.15, -0.1) is 0 Å². The smallest absolute Gasteiger partial charge is 0.415 e. The van der Waals surface area contributed by atoms with E-state index in [-0.39, 0.29) is 18.0 Å². The zero-order valence-corrected chi connectivity index (χ0v) is 17.5. The summed E-state index contributed by atoms with van der Waals surface area (Å²) in [6.07, 6.45) is 1.18. The van der Waals surface area contributed by atoms with Crippen LogP contribution in [0.15, 0.2) is 41.1 Å². The SMILES string of the molecule is CC(C)C1COC(=O)N1c1ccnc(N[C@H](C)c2nc(-c3ccccc3Cl)no2)n1. The second kappa shape index (κ2) is 8.27. The topological polar surface area (TPSA) is 106 Å². The van der Waals surface area contributed by atoms with E-state index in [1.54, 1.807) is 23.2 Å². The zero-order chi connectivity index (χ0) is 21.3. The van der Waals surface area contributed by atoms with Crippen molar-refractivity contribution in [2.75, 3.05) is 16.8 Å². The number of anilines is 2. The molecule has 1 saturated heterocycles. The Labute approximate surface area is 178 Å². The van der Waals surface area contributed by atoms with Crippen molar-refractivity contribution < 1.29 is 14.1 Å². The van der Waals surface area contributed by atoms with E-state index in [1.165, 1.54) is 0 Å². The van der Waals surface area contributed by atoms with Crippen molar-refractivity contribution in [3.05, 3.63) is 47.4 Å². The van der Waals surface area contributed by atoms with E-state index in [1.807, 2.05) is 39.0 Å². The molecule has 2 atom stereocenters. The normalized spacial score (nSPS) is 17.3. The van der Waals surface area contributed by atoms with Crippen LogP contribution in [0.2, 0.25) is 5.02 Å². The van der Waals surface area contributed by atoms with Crippen LogP contribution in [0.25, 0.3) is 11.4 Å². The molecule has 1 aliphatic rings. The summed E-state index contributed by atoms with van der Waals surface area (Å²) in [6, 6.07) is 8.51. The number of carbonyl (C=O) groups is 1. The molecule has 0 aliphatic carbocycles. The summed E-state index contributed by atoms with van der Waals surface area (Å²) in [4.78, 5) is 26.9. The Morgan fingerprint density at radius 3 is 2.77 bits per heavy atom. The van der Waals surface area contributed by atoms with Gasteiger partial charge in [0.25, 0.3) is 0 Å². The molecule has 10 heteroatoms. The van der Waals surface area contributed by atoms with Crippen molar-refractivity contribution >= 4 is 29.5 Å². The van der Waals surface area contributed by atoms with Gasteiger partial charge in [0.2, 0.25) is 17.7 Å². The maximum absolute atomic E-state index is 12.2. The lowest BCUT2D eigenvalue weighted by Crippen LogP contribution is -2.37. The number of nitrogens with one attached hydrogen (secondary N) is 1. The van der Waals surface area contributed by atoms with E-state index in [2.05, 4.69) is 25.4 Å². The minimum Gasteiger partial charge on any atom is -0.447 e. The maximum atomic E-state index is 12.2. The molecule has 156 valence electrons. The molecule has 3 aromatic rings. The number of carbonyl (C=O) groups excluding carboxylic acids is 1. The Morgan fingerprint density at radius 1 is 1.20 bits per heavy atom. The molecule has 9 nitrogen and oxygen atoms in total. The fourth-order valence-electron chi connectivity index (χ4n) is 3.16. The second-order valence-corrected chi connectivity index (χ2v) is 7.71. The minimum absolute atomic E-state index is 0.0770. The Morgan fingerprint density at radius 2 is 2.00 bits per heavy atom. The number of ether oxygens (including phenoxy) is 1. The van der Waals surface area contributed by atoms with Gasteiger partial charge in [-0.3, -0.25) is 4.90 Å². The number of hydrogen-bond acceptors (Lipinski definition) is 8. The fourth-order valence-corrected chi connectivity index (χ4v) is 3.38. The summed E-state index contributed by atoms with van der Waals surface area (Å²) in [6.45, 7) is 6.26. The largest absolute Gasteiger partial charge is 0.447 e. The van der Waals surface area contributed by atoms with Crippen molar-refractivity contribution in [2.24, 2.45) is 5.92 Å². The predicted molar refractivity (Wildman–Crippen MR) is 111 cm³/mol. The maximum Gasteiger partial charge on any atom is 0.415 e. The fraction of sp³-hybridized carbons (Fsp3) is 0.350. The van der Waals surface area contributed by atoms with E-state index in [4.69, 9.17) is 20.9 Å². The molecule has 1 fully saturated rings. The van der Waals surface area contributed by atoms with Crippen LogP contribution in [0.3, 0.4) is 0 Å². The molecule has 4 rings (SSSR count). The van der Waals surface area contributed by atoms with Crippen LogP contribution < -0.4 is 10.2 Å². The van der Waals surface area contributed by atoms with Crippen LogP contribution in [0.1, 0.15) is 32.7 Å². The summed E-state index contributed by atoms with van der Waals surface area (Å²) < 4.78 is 10.6. The highest BCUT2D eigenvalue weighted by molar-refractivity contribution is 6.33. The molecule has 1 unspecified atom stereocenters. The van der Waals surface area contributed by atoms with Crippen LogP contribution >= 0.6 is 11.6 Å². The van der Waals surface area contributed by atoms with Crippen molar-refractivity contribution in [2.45, 2.75) is 32.9 Å². The summed E-state index contributed by atoms with van der Waals surface area (Å²) >= 11 is 6.20. The molecular formula is C20H21ClN6O3. The van der Waals surface area contributed by atoms with Crippen LogP contribution in [0, 0.1) is 5.92 Å². The van der Waals surface area contributed by atoms with Gasteiger partial charge < -0.3 is 14.6 Å². The standard InChI is InChI=1S/C20H21ClN6O3/c1-11(2)15-10-29-20(28)27(15)16-8-9-22-19(24-16)23-12(3)18-25-17(26-30-18)13-6-4-5-7-14(13)21/h4-9,11-12,15H,10H2,1-3H3,(H,22,23,24)/t12-,15?/m1/s1. The van der Waals surface area contributed by atoms with Gasteiger partial charge in [-0.25, -0.2) is 9.78 Å². The van der Waals surface area contributed by atoms with E-state index < -0.39 is 6.09 Å². The van der Waals surface area contributed by atoms with Crippen molar-refractivity contribution in [1.82, 2.24) is 20.1 Å². The quantitative estimate of drug-likeness (QED) is 0.618. The lowest BCUT2D eigenvalue weighted by Gasteiger charge is -2.23. The molecule has 2 aromatic heterocycles. The molecule has 1 aliphatic heterocycles. The first-order chi connectivity index (χ1) is 14.4. The highest BCUT2D eigenvalue weighted by Gasteiger charge is 2.37. The summed E-state index contributed by atoms with van der Waals surface area (Å²) in [5.41, 5.74) is 0.687. The highest BCUT2D eigenvalue weighted by Crippen LogP contribution is 2.28. The first-order valence-corrected chi connectivity index (χ1v) is 9.96. The third-order valence-corrected chi connectivity index (χ3v) is 5.17. The molecule has 0 spiro atoms. The van der Waals surface area contributed by atoms with Gasteiger partial charge >= 0.3 is 6.09 Å². The van der Waals surface area contributed by atoms with Crippen LogP contribution in [0.4, 0.5) is 16.6 Å². The lowest BCUT2D eigenvalue weighted by molar-refractivity contribution is 0.177. The molecule has 1 N–H and O–H groups in total. The third-order valence-electron chi connectivity index (χ3n) is 4.84. The number of benzene rings is 1. The number of hydrogen-bond donors (Lipinski definition) is 1. The minimum atomic E-state index is -0.410. The average Bonchev–Trinajstić information content (AvgIpc) is 3.36. The number of amides is 1. The van der Waals surface area contributed by atoms with Crippen molar-refractivity contribution in [3.8, 4) is 11.4 Å². The van der Waals surface area contributed by atoms with Crippen molar-refractivity contribution in [1.29, 1.82) is 0 Å². The average molecular weight is 429 g/mol. The molecule has 30 heavy (non-hydrogen) atoms. The Hall–Kier alpha value is -3.20. The molecule has 0 bridgehead atoms. The predicted octanol–water partition coefficient (Wildman–Crippen LogP) is 4.33. The van der Waals surface area contributed by atoms with E-state index in [0.29, 0.717) is 40.7 Å². The monoisotopic (exact) mass is 428 g/mol. The number of rotatable bonds is 6. The second-order valence-electron chi connectivity index (χ2n) is 7.30. The highest BCUT2D eigenvalue weighted by atomic mass is 35.5. The molecule has 1 aromatic carbocycles. The first kappa shape index (κ1) is 20.1. The Bertz CT molecular complexity index is 1060. The summed E-state index contributed by atoms with van der Waals surface area (Å²) in [5, 5.41) is 7.68. The van der Waals surface area contributed by atoms with Gasteiger partial charge in [-0.2, -0.15) is 9.97 Å². The number of halogens is 1. The van der Waals surface area contributed by atoms with Gasteiger partial charge in [0.1, 0.15) is 18.5 Å². The van der Waals surface area contributed by atoms with Gasteiger partial charge in [0.15, 0.2) is 0 Å². The Kier molecular flexibility index (Phi) is 5.54. The van der Waals surface area contributed by atoms with Gasteiger partial charge in [-0.05, 0) is 31.0 Å². The molecule has 3 heterocycles. The lowest BCUT2D eigenvalue weighted by atomic mass is 10.0. The molecule has 1 amide bonds. The third kappa shape index (κ3) is 3.93. The van der Waals surface area contributed by atoms with Crippen LogP contribution in [-0.2, 0) is 4.74 Å². The number of cyclic esters (lactones) is 1. The van der Waals surface area contributed by atoms with E-state index >= 15 is 0 Å². The first-order valence-electron chi connectivity index (χ1n) is 9.58. The number of aromatic nitrogens is 4. The molecular weight excluding hydrogens is 408 g/mol.